The molecule has 0 atom stereocenters. The molecule has 3 aromatic rings. The number of carbonyl (C=O) groups excluding carboxylic acids is 2. The zero-order valence-corrected chi connectivity index (χ0v) is 17.2. The molecule has 0 saturated carbocycles. The zero-order valence-electron chi connectivity index (χ0n) is 17.2. The van der Waals surface area contributed by atoms with Crippen LogP contribution >= 0.6 is 0 Å². The Hall–Kier alpha value is -4.14. The molecule has 9 nitrogen and oxygen atoms in total. The van der Waals surface area contributed by atoms with Crippen molar-refractivity contribution in [3.05, 3.63) is 76.7 Å². The fraction of sp³-hybridized carbons (Fsp3) is 0.182. The van der Waals surface area contributed by atoms with E-state index in [1.165, 1.54) is 6.20 Å². The molecule has 0 unspecified atom stereocenters. The lowest BCUT2D eigenvalue weighted by Crippen LogP contribution is -2.23. The van der Waals surface area contributed by atoms with Crippen LogP contribution in [0.25, 0.3) is 0 Å². The SMILES string of the molecule is COc1cccc(OC)c1CNC(=O)c1cccc(Cc2cnc(N)c(C(N)=O)n2)c1. The lowest BCUT2D eigenvalue weighted by atomic mass is 10.1. The Morgan fingerprint density at radius 2 is 1.74 bits per heavy atom. The average Bonchev–Trinajstić information content (AvgIpc) is 2.78. The number of benzene rings is 2. The van der Waals surface area contributed by atoms with Crippen LogP contribution in [0.1, 0.15) is 37.7 Å². The van der Waals surface area contributed by atoms with E-state index in [2.05, 4.69) is 15.3 Å². The standard InChI is InChI=1S/C22H23N5O4/c1-30-17-7-4-8-18(31-2)16(17)12-26-22(29)14-6-3-5-13(9-14)10-15-11-25-20(23)19(27-15)21(24)28/h3-9,11H,10,12H2,1-2H3,(H2,23,25)(H2,24,28)(H,26,29). The number of amides is 2. The summed E-state index contributed by atoms with van der Waals surface area (Å²) in [7, 11) is 3.13. The van der Waals surface area contributed by atoms with Gasteiger partial charge in [-0.1, -0.05) is 18.2 Å². The van der Waals surface area contributed by atoms with Crippen molar-refractivity contribution in [1.82, 2.24) is 15.3 Å². The molecule has 0 fully saturated rings. The number of nitrogens with zero attached hydrogens (tertiary/aromatic N) is 2. The molecule has 5 N–H and O–H groups in total. The van der Waals surface area contributed by atoms with Crippen molar-refractivity contribution in [2.75, 3.05) is 20.0 Å². The van der Waals surface area contributed by atoms with Crippen molar-refractivity contribution >= 4 is 17.6 Å². The van der Waals surface area contributed by atoms with Crippen LogP contribution in [0, 0.1) is 0 Å². The number of carbonyl (C=O) groups is 2. The number of ether oxygens (including phenoxy) is 2. The van der Waals surface area contributed by atoms with Crippen molar-refractivity contribution in [2.24, 2.45) is 5.73 Å². The lowest BCUT2D eigenvalue weighted by molar-refractivity contribution is 0.0949. The summed E-state index contributed by atoms with van der Waals surface area (Å²) in [6.45, 7) is 0.238. The van der Waals surface area contributed by atoms with E-state index in [4.69, 9.17) is 20.9 Å². The molecule has 3 rings (SSSR count). The number of nitrogens with two attached hydrogens (primary N) is 2. The van der Waals surface area contributed by atoms with Crippen LogP contribution in [-0.2, 0) is 13.0 Å². The van der Waals surface area contributed by atoms with Gasteiger partial charge in [0.25, 0.3) is 11.8 Å². The first-order valence-electron chi connectivity index (χ1n) is 9.41. The fourth-order valence-electron chi connectivity index (χ4n) is 3.11. The smallest absolute Gasteiger partial charge is 0.271 e. The monoisotopic (exact) mass is 421 g/mol. The molecule has 0 aliphatic carbocycles. The molecule has 0 saturated heterocycles. The van der Waals surface area contributed by atoms with Crippen LogP contribution in [0.2, 0.25) is 0 Å². The summed E-state index contributed by atoms with van der Waals surface area (Å²) < 4.78 is 10.7. The van der Waals surface area contributed by atoms with Gasteiger partial charge in [-0.2, -0.15) is 0 Å². The number of hydrogen-bond donors (Lipinski definition) is 3. The van der Waals surface area contributed by atoms with Gasteiger partial charge in [-0.15, -0.1) is 0 Å². The topological polar surface area (TPSA) is 142 Å². The maximum Gasteiger partial charge on any atom is 0.271 e. The maximum atomic E-state index is 12.7. The van der Waals surface area contributed by atoms with Crippen molar-refractivity contribution in [3.63, 3.8) is 0 Å². The third-order valence-corrected chi connectivity index (χ3v) is 4.61. The van der Waals surface area contributed by atoms with Gasteiger partial charge >= 0.3 is 0 Å². The molecule has 160 valence electrons. The molecule has 1 aromatic heterocycles. The third kappa shape index (κ3) is 5.08. The van der Waals surface area contributed by atoms with E-state index in [1.54, 1.807) is 44.6 Å². The van der Waals surface area contributed by atoms with Crippen LogP contribution in [0.5, 0.6) is 11.5 Å². The largest absolute Gasteiger partial charge is 0.496 e. The maximum absolute atomic E-state index is 12.7. The van der Waals surface area contributed by atoms with Crippen LogP contribution < -0.4 is 26.3 Å². The number of anilines is 1. The molecule has 0 aliphatic heterocycles. The second kappa shape index (κ2) is 9.57. The molecule has 31 heavy (non-hydrogen) atoms. The Morgan fingerprint density at radius 3 is 2.39 bits per heavy atom. The van der Waals surface area contributed by atoms with E-state index in [9.17, 15) is 9.59 Å². The molecule has 0 aliphatic rings. The van der Waals surface area contributed by atoms with Crippen LogP contribution in [0.15, 0.2) is 48.7 Å². The van der Waals surface area contributed by atoms with E-state index < -0.39 is 5.91 Å². The Balaban J connectivity index is 1.74. The Kier molecular flexibility index (Phi) is 6.66. The Bertz CT molecular complexity index is 1090. The van der Waals surface area contributed by atoms with Crippen molar-refractivity contribution in [2.45, 2.75) is 13.0 Å². The van der Waals surface area contributed by atoms with E-state index >= 15 is 0 Å². The fourth-order valence-corrected chi connectivity index (χ4v) is 3.11. The van der Waals surface area contributed by atoms with Crippen molar-refractivity contribution in [3.8, 4) is 11.5 Å². The van der Waals surface area contributed by atoms with Gasteiger partial charge in [0, 0.05) is 12.0 Å². The van der Waals surface area contributed by atoms with Crippen molar-refractivity contribution < 1.29 is 19.1 Å². The first-order valence-corrected chi connectivity index (χ1v) is 9.41. The van der Waals surface area contributed by atoms with Gasteiger partial charge in [-0.05, 0) is 29.8 Å². The summed E-state index contributed by atoms with van der Waals surface area (Å²) >= 11 is 0. The highest BCUT2D eigenvalue weighted by Gasteiger charge is 2.14. The molecule has 2 amide bonds. The molecule has 2 aromatic carbocycles. The van der Waals surface area contributed by atoms with Gasteiger partial charge < -0.3 is 26.3 Å². The highest BCUT2D eigenvalue weighted by Crippen LogP contribution is 2.28. The second-order valence-corrected chi connectivity index (χ2v) is 6.66. The lowest BCUT2D eigenvalue weighted by Gasteiger charge is -2.14. The van der Waals surface area contributed by atoms with Gasteiger partial charge in [0.2, 0.25) is 0 Å². The van der Waals surface area contributed by atoms with E-state index in [1.807, 2.05) is 12.1 Å². The molecular formula is C22H23N5O4. The molecular weight excluding hydrogens is 398 g/mol. The summed E-state index contributed by atoms with van der Waals surface area (Å²) in [4.78, 5) is 32.3. The molecule has 0 bridgehead atoms. The molecule has 1 heterocycles. The summed E-state index contributed by atoms with van der Waals surface area (Å²) in [5.74, 6) is 0.236. The van der Waals surface area contributed by atoms with Crippen molar-refractivity contribution in [1.29, 1.82) is 0 Å². The predicted molar refractivity (Wildman–Crippen MR) is 115 cm³/mol. The van der Waals surface area contributed by atoms with Gasteiger partial charge in [-0.3, -0.25) is 9.59 Å². The number of hydrogen-bond acceptors (Lipinski definition) is 7. The quantitative estimate of drug-likeness (QED) is 0.502. The number of primary amides is 1. The third-order valence-electron chi connectivity index (χ3n) is 4.61. The number of nitrogens with one attached hydrogen (secondary N) is 1. The minimum Gasteiger partial charge on any atom is -0.496 e. The summed E-state index contributed by atoms with van der Waals surface area (Å²) in [5, 5.41) is 2.88. The van der Waals surface area contributed by atoms with Gasteiger partial charge in [0.05, 0.1) is 38.2 Å². The first-order chi connectivity index (χ1) is 14.9. The summed E-state index contributed by atoms with van der Waals surface area (Å²) in [5.41, 5.74) is 13.4. The Labute approximate surface area is 179 Å². The van der Waals surface area contributed by atoms with E-state index in [-0.39, 0.29) is 24.0 Å². The number of aromatic nitrogens is 2. The summed E-state index contributed by atoms with van der Waals surface area (Å²) in [6.07, 6.45) is 1.83. The minimum atomic E-state index is -0.744. The first kappa shape index (κ1) is 21.6. The average molecular weight is 421 g/mol. The number of nitrogen functional groups attached to an aromatic ring is 1. The minimum absolute atomic E-state index is 0.0175. The highest BCUT2D eigenvalue weighted by atomic mass is 16.5. The highest BCUT2D eigenvalue weighted by molar-refractivity contribution is 5.95. The van der Waals surface area contributed by atoms with Gasteiger partial charge in [0.15, 0.2) is 11.5 Å². The number of methoxy groups -OCH3 is 2. The Morgan fingerprint density at radius 1 is 1.06 bits per heavy atom. The van der Waals surface area contributed by atoms with Crippen LogP contribution in [0.4, 0.5) is 5.82 Å². The number of rotatable bonds is 8. The predicted octanol–water partition coefficient (Wildman–Crippen LogP) is 1.70. The molecule has 9 heteroatoms. The molecule has 0 spiro atoms. The summed E-state index contributed by atoms with van der Waals surface area (Å²) in [6, 6.07) is 12.5. The van der Waals surface area contributed by atoms with Gasteiger partial charge in [0.1, 0.15) is 11.5 Å². The van der Waals surface area contributed by atoms with Crippen LogP contribution in [-0.4, -0.2) is 36.0 Å². The van der Waals surface area contributed by atoms with Crippen LogP contribution in [0.3, 0.4) is 0 Å². The molecule has 0 radical (unpaired) electrons. The normalized spacial score (nSPS) is 10.4. The zero-order chi connectivity index (χ0) is 22.4. The second-order valence-electron chi connectivity index (χ2n) is 6.66. The van der Waals surface area contributed by atoms with Gasteiger partial charge in [-0.25, -0.2) is 9.97 Å². The van der Waals surface area contributed by atoms with E-state index in [0.29, 0.717) is 29.2 Å². The van der Waals surface area contributed by atoms with E-state index in [0.717, 1.165) is 11.1 Å².